The van der Waals surface area contributed by atoms with Gasteiger partial charge in [0.25, 0.3) is 5.92 Å². The maximum Gasteiger partial charge on any atom is 0.312 e. The molecular weight excluding hydrogens is 724 g/mol. The Labute approximate surface area is 328 Å². The van der Waals surface area contributed by atoms with Crippen LogP contribution in [0.5, 0.6) is 11.5 Å². The van der Waals surface area contributed by atoms with E-state index in [1.807, 2.05) is 6.08 Å². The topological polar surface area (TPSA) is 141 Å². The number of ether oxygens (including phenoxy) is 4. The molecule has 1 fully saturated rings. The molecule has 1 heterocycles. The lowest BCUT2D eigenvalue weighted by atomic mass is 9.89. The number of esters is 3. The highest BCUT2D eigenvalue weighted by molar-refractivity contribution is 5.77. The number of terminal acetylenes is 2. The van der Waals surface area contributed by atoms with Crippen LogP contribution in [-0.4, -0.2) is 57.8 Å². The van der Waals surface area contributed by atoms with Crippen molar-refractivity contribution in [3.63, 3.8) is 0 Å². The van der Waals surface area contributed by atoms with Gasteiger partial charge in [0, 0.05) is 48.9 Å². The fraction of sp³-hybridized carbons (Fsp3) is 0.500. The van der Waals surface area contributed by atoms with Gasteiger partial charge in [-0.2, -0.15) is 8.78 Å². The predicted molar refractivity (Wildman–Crippen MR) is 206 cm³/mol. The molecule has 1 aliphatic carbocycles. The first-order valence-electron chi connectivity index (χ1n) is 18.6. The highest BCUT2D eigenvalue weighted by Gasteiger charge is 2.40. The fourth-order valence-electron chi connectivity index (χ4n) is 6.02. The standard InChI is InChI=1S/C44H53F2NO9/c1-8-22-42(4,5)40(51)53-27-31-26-47-30(3)39(35(31)28-54-41(52)43(6,7)23-9-2)56-38(50)20-16-11-10-15-19-33-34(37(49)25-36(33)48)21-24-44(45,46)29-55-32-17-13-12-14-18-32/h1-2,10,12-15,17-18,21,24,26,33-34,36-37,48-49H,11,16,19-20,22-23,25,27-29H2,3-7H3/b15-10-,24-21+/t33-,34-,36+,37-/m1/s1. The van der Waals surface area contributed by atoms with E-state index in [-0.39, 0.29) is 44.6 Å². The Morgan fingerprint density at radius 3 is 2.20 bits per heavy atom. The molecule has 0 amide bonds. The molecule has 0 bridgehead atoms. The van der Waals surface area contributed by atoms with Crippen molar-refractivity contribution in [1.82, 2.24) is 4.98 Å². The van der Waals surface area contributed by atoms with E-state index in [4.69, 9.17) is 31.8 Å². The van der Waals surface area contributed by atoms with E-state index in [2.05, 4.69) is 16.8 Å². The second-order valence-electron chi connectivity index (χ2n) is 15.3. The number of carbonyl (C=O) groups excluding carboxylic acids is 3. The SMILES string of the molecule is C#CCC(C)(C)C(=O)OCc1cnc(C)c(OC(=O)CCC/C=C\C[C@@H]2[C@@H](/C=C/C(F)(F)COc3ccccc3)[C@H](O)C[C@@H]2O)c1COC(=O)C(C)(C)CC#C. The molecule has 1 aromatic carbocycles. The van der Waals surface area contributed by atoms with Gasteiger partial charge in [0.2, 0.25) is 0 Å². The number of pyridine rings is 1. The lowest BCUT2D eigenvalue weighted by Gasteiger charge is -2.23. The molecule has 0 radical (unpaired) electrons. The van der Waals surface area contributed by atoms with Crippen molar-refractivity contribution < 1.29 is 52.3 Å². The van der Waals surface area contributed by atoms with Gasteiger partial charge >= 0.3 is 17.9 Å². The Bertz CT molecular complexity index is 1790. The maximum atomic E-state index is 14.6. The van der Waals surface area contributed by atoms with Gasteiger partial charge in [0.15, 0.2) is 12.4 Å². The average molecular weight is 778 g/mol. The van der Waals surface area contributed by atoms with Crippen molar-refractivity contribution in [2.24, 2.45) is 22.7 Å². The van der Waals surface area contributed by atoms with E-state index in [9.17, 15) is 33.4 Å². The number of rotatable bonds is 20. The second-order valence-corrected chi connectivity index (χ2v) is 15.3. The van der Waals surface area contributed by atoms with Gasteiger partial charge in [-0.1, -0.05) is 36.4 Å². The number of nitrogens with zero attached hydrogens (tertiary/aromatic N) is 1. The van der Waals surface area contributed by atoms with Gasteiger partial charge in [-0.3, -0.25) is 19.4 Å². The summed E-state index contributed by atoms with van der Waals surface area (Å²) in [4.78, 5) is 43.1. The number of para-hydroxylation sites is 1. The number of alkyl halides is 2. The van der Waals surface area contributed by atoms with Crippen molar-refractivity contribution in [2.45, 2.75) is 111 Å². The minimum atomic E-state index is -3.29. The van der Waals surface area contributed by atoms with E-state index in [1.165, 1.54) is 12.3 Å². The third-order valence-electron chi connectivity index (χ3n) is 9.50. The Kier molecular flexibility index (Phi) is 16.8. The highest BCUT2D eigenvalue weighted by atomic mass is 19.3. The van der Waals surface area contributed by atoms with Crippen LogP contribution in [0.2, 0.25) is 0 Å². The minimum absolute atomic E-state index is 0.00790. The largest absolute Gasteiger partial charge is 0.487 e. The van der Waals surface area contributed by atoms with Crippen molar-refractivity contribution in [3.8, 4) is 36.2 Å². The molecule has 3 rings (SSSR count). The van der Waals surface area contributed by atoms with Crippen LogP contribution >= 0.6 is 0 Å². The fourth-order valence-corrected chi connectivity index (χ4v) is 6.02. The molecule has 1 saturated carbocycles. The zero-order valence-corrected chi connectivity index (χ0v) is 32.8. The Morgan fingerprint density at radius 1 is 0.946 bits per heavy atom. The number of aryl methyl sites for hydroxylation is 1. The molecule has 1 aromatic heterocycles. The van der Waals surface area contributed by atoms with Crippen molar-refractivity contribution in [3.05, 3.63) is 77.7 Å². The first kappa shape index (κ1) is 45.4. The van der Waals surface area contributed by atoms with Crippen LogP contribution in [0.15, 0.2) is 60.8 Å². The number of aliphatic hydroxyl groups excluding tert-OH is 2. The number of halogens is 2. The summed E-state index contributed by atoms with van der Waals surface area (Å²) < 4.78 is 51.3. The zero-order valence-electron chi connectivity index (χ0n) is 32.8. The minimum Gasteiger partial charge on any atom is -0.487 e. The molecule has 0 spiro atoms. The monoisotopic (exact) mass is 777 g/mol. The summed E-state index contributed by atoms with van der Waals surface area (Å²) in [7, 11) is 0. The van der Waals surface area contributed by atoms with E-state index < -0.39 is 65.3 Å². The lowest BCUT2D eigenvalue weighted by Crippen LogP contribution is -2.27. The average Bonchev–Trinajstić information content (AvgIpc) is 3.41. The summed E-state index contributed by atoms with van der Waals surface area (Å²) in [5.74, 6) is -0.829. The lowest BCUT2D eigenvalue weighted by molar-refractivity contribution is -0.156. The first-order valence-corrected chi connectivity index (χ1v) is 18.6. The molecule has 0 saturated heterocycles. The summed E-state index contributed by atoms with van der Waals surface area (Å²) in [6.07, 6.45) is 17.6. The molecule has 12 heteroatoms. The number of hydrogen-bond donors (Lipinski definition) is 2. The molecule has 1 aliphatic rings. The van der Waals surface area contributed by atoms with Crippen LogP contribution in [0, 0.1) is 54.3 Å². The molecule has 4 atom stereocenters. The van der Waals surface area contributed by atoms with Gasteiger partial charge < -0.3 is 29.2 Å². The summed E-state index contributed by atoms with van der Waals surface area (Å²) in [5, 5.41) is 21.1. The molecule has 2 aromatic rings. The summed E-state index contributed by atoms with van der Waals surface area (Å²) >= 11 is 0. The summed E-state index contributed by atoms with van der Waals surface area (Å²) in [6, 6.07) is 8.27. The van der Waals surface area contributed by atoms with Gasteiger partial charge in [-0.05, 0) is 78.0 Å². The van der Waals surface area contributed by atoms with E-state index in [0.29, 0.717) is 41.8 Å². The number of allylic oxidation sites excluding steroid dienone is 2. The van der Waals surface area contributed by atoms with Crippen LogP contribution in [0.3, 0.4) is 0 Å². The summed E-state index contributed by atoms with van der Waals surface area (Å²) in [5.41, 5.74) is -0.911. The highest BCUT2D eigenvalue weighted by Crippen LogP contribution is 2.37. The maximum absolute atomic E-state index is 14.6. The molecule has 56 heavy (non-hydrogen) atoms. The number of hydrogen-bond acceptors (Lipinski definition) is 10. The van der Waals surface area contributed by atoms with Gasteiger partial charge in [0.1, 0.15) is 19.0 Å². The van der Waals surface area contributed by atoms with E-state index in [0.717, 1.165) is 6.08 Å². The second kappa shape index (κ2) is 20.8. The molecule has 0 unspecified atom stereocenters. The third kappa shape index (κ3) is 13.6. The number of aromatic nitrogens is 1. The van der Waals surface area contributed by atoms with Crippen LogP contribution in [0.25, 0.3) is 0 Å². The number of benzene rings is 1. The Balaban J connectivity index is 1.62. The van der Waals surface area contributed by atoms with E-state index in [1.54, 1.807) is 71.0 Å². The molecule has 2 N–H and O–H groups in total. The van der Waals surface area contributed by atoms with Crippen molar-refractivity contribution in [1.29, 1.82) is 0 Å². The Morgan fingerprint density at radius 2 is 1.57 bits per heavy atom. The number of carbonyl (C=O) groups is 3. The normalized spacial score (nSPS) is 18.7. The molecule has 302 valence electrons. The van der Waals surface area contributed by atoms with Gasteiger partial charge in [-0.25, -0.2) is 0 Å². The smallest absolute Gasteiger partial charge is 0.312 e. The third-order valence-corrected chi connectivity index (χ3v) is 9.50. The first-order chi connectivity index (χ1) is 26.4. The zero-order chi connectivity index (χ0) is 41.5. The van der Waals surface area contributed by atoms with Crippen LogP contribution in [0.1, 0.15) is 89.5 Å². The number of aliphatic hydroxyl groups is 2. The predicted octanol–water partition coefficient (Wildman–Crippen LogP) is 7.23. The van der Waals surface area contributed by atoms with Gasteiger partial charge in [-0.15, -0.1) is 24.7 Å². The van der Waals surface area contributed by atoms with Crippen LogP contribution in [0.4, 0.5) is 8.78 Å². The number of unbranched alkanes of at least 4 members (excludes halogenated alkanes) is 1. The quantitative estimate of drug-likeness (QED) is 0.0613. The van der Waals surface area contributed by atoms with E-state index >= 15 is 0 Å². The molecular formula is C44H53F2NO9. The Hall–Kier alpha value is -5.04. The molecule has 10 nitrogen and oxygen atoms in total. The van der Waals surface area contributed by atoms with Crippen molar-refractivity contribution >= 4 is 17.9 Å². The van der Waals surface area contributed by atoms with Crippen LogP contribution < -0.4 is 9.47 Å². The van der Waals surface area contributed by atoms with Crippen LogP contribution in [-0.2, 0) is 37.1 Å². The van der Waals surface area contributed by atoms with Crippen molar-refractivity contribution in [2.75, 3.05) is 6.61 Å². The summed E-state index contributed by atoms with van der Waals surface area (Å²) in [6.45, 7) is 6.83. The molecule has 0 aliphatic heterocycles. The van der Waals surface area contributed by atoms with Gasteiger partial charge in [0.05, 0.1) is 28.7 Å².